The molecule has 1 heterocycles. The molecule has 0 amide bonds. The van der Waals surface area contributed by atoms with Crippen LogP contribution in [0.2, 0.25) is 5.02 Å². The quantitative estimate of drug-likeness (QED) is 0.657. The van der Waals surface area contributed by atoms with Crippen LogP contribution in [0.15, 0.2) is 16.7 Å². The Hall–Kier alpha value is -0.800. The first-order valence-corrected chi connectivity index (χ1v) is 3.09. The topological polar surface area (TPSA) is 56.2 Å². The highest BCUT2D eigenvalue weighted by molar-refractivity contribution is 6.33. The van der Waals surface area contributed by atoms with Crippen LogP contribution < -0.4 is 5.73 Å². The first-order chi connectivity index (χ1) is 4.75. The predicted octanol–water partition coefficient (Wildman–Crippen LogP) is 1.07. The van der Waals surface area contributed by atoms with Crippen molar-refractivity contribution in [3.8, 4) is 0 Å². The molecule has 0 saturated carbocycles. The second-order valence-corrected chi connectivity index (χ2v) is 2.13. The molecule has 0 bridgehead atoms. The van der Waals surface area contributed by atoms with E-state index >= 15 is 0 Å². The number of Topliss-reactive ketones (excluding diaryl/α,β-unsaturated/α-hetero) is 1. The van der Waals surface area contributed by atoms with E-state index in [1.165, 1.54) is 12.3 Å². The summed E-state index contributed by atoms with van der Waals surface area (Å²) in [5.41, 5.74) is 5.06. The number of halogens is 1. The molecule has 1 rings (SSSR count). The van der Waals surface area contributed by atoms with Crippen LogP contribution >= 0.6 is 11.6 Å². The Labute approximate surface area is 62.8 Å². The van der Waals surface area contributed by atoms with Crippen LogP contribution in [0.4, 0.5) is 0 Å². The molecule has 0 atom stereocenters. The van der Waals surface area contributed by atoms with Crippen molar-refractivity contribution in [1.29, 1.82) is 0 Å². The third-order valence-electron chi connectivity index (χ3n) is 1.06. The van der Waals surface area contributed by atoms with Crippen molar-refractivity contribution in [3.05, 3.63) is 23.1 Å². The maximum absolute atomic E-state index is 10.8. The van der Waals surface area contributed by atoms with E-state index in [0.717, 1.165) is 0 Å². The van der Waals surface area contributed by atoms with Gasteiger partial charge in [-0.15, -0.1) is 0 Å². The van der Waals surface area contributed by atoms with E-state index in [-0.39, 0.29) is 18.1 Å². The molecule has 0 aliphatic heterocycles. The lowest BCUT2D eigenvalue weighted by Gasteiger charge is -1.89. The fourth-order valence-corrected chi connectivity index (χ4v) is 0.787. The van der Waals surface area contributed by atoms with Gasteiger partial charge in [0.25, 0.3) is 0 Å². The molecule has 3 nitrogen and oxygen atoms in total. The summed E-state index contributed by atoms with van der Waals surface area (Å²) in [4.78, 5) is 10.8. The molecule has 1 aromatic heterocycles. The molecule has 0 fully saturated rings. The fraction of sp³-hybridized carbons (Fsp3) is 0.167. The summed E-state index contributed by atoms with van der Waals surface area (Å²) in [5.74, 6) is -0.140. The zero-order valence-corrected chi connectivity index (χ0v) is 5.89. The van der Waals surface area contributed by atoms with Crippen LogP contribution in [-0.2, 0) is 0 Å². The van der Waals surface area contributed by atoms with Crippen LogP contribution in [0, 0.1) is 0 Å². The van der Waals surface area contributed by atoms with E-state index in [4.69, 9.17) is 21.8 Å². The average molecular weight is 160 g/mol. The standard InChI is InChI=1S/C6H6ClNO2/c7-4-1-2-10-6(4)5(9)3-8/h1-2H,3,8H2. The summed E-state index contributed by atoms with van der Waals surface area (Å²) in [5, 5.41) is 0.315. The summed E-state index contributed by atoms with van der Waals surface area (Å²) < 4.78 is 4.76. The van der Waals surface area contributed by atoms with Crippen molar-refractivity contribution < 1.29 is 9.21 Å². The summed E-state index contributed by atoms with van der Waals surface area (Å²) in [6.45, 7) is -0.0762. The Bertz CT molecular complexity index is 244. The second-order valence-electron chi connectivity index (χ2n) is 1.72. The van der Waals surface area contributed by atoms with Gasteiger partial charge in [-0.05, 0) is 6.07 Å². The lowest BCUT2D eigenvalue weighted by atomic mass is 10.3. The van der Waals surface area contributed by atoms with E-state index in [1.807, 2.05) is 0 Å². The van der Waals surface area contributed by atoms with Gasteiger partial charge in [0.15, 0.2) is 5.76 Å². The summed E-state index contributed by atoms with van der Waals surface area (Å²) in [6, 6.07) is 1.50. The molecule has 2 N–H and O–H groups in total. The van der Waals surface area contributed by atoms with Crippen molar-refractivity contribution in [3.63, 3.8) is 0 Å². The van der Waals surface area contributed by atoms with Gasteiger partial charge in [0.1, 0.15) is 0 Å². The molecule has 0 saturated heterocycles. The molecule has 10 heavy (non-hydrogen) atoms. The second kappa shape index (κ2) is 2.86. The minimum Gasteiger partial charge on any atom is -0.460 e. The van der Waals surface area contributed by atoms with E-state index in [9.17, 15) is 4.79 Å². The smallest absolute Gasteiger partial charge is 0.213 e. The molecule has 0 radical (unpaired) electrons. The molecule has 0 unspecified atom stereocenters. The maximum atomic E-state index is 10.8. The Balaban J connectivity index is 2.93. The van der Waals surface area contributed by atoms with Crippen molar-refractivity contribution in [2.75, 3.05) is 6.54 Å². The number of ketones is 1. The number of hydrogen-bond donors (Lipinski definition) is 1. The Morgan fingerprint density at radius 2 is 2.50 bits per heavy atom. The van der Waals surface area contributed by atoms with Crippen molar-refractivity contribution in [1.82, 2.24) is 0 Å². The van der Waals surface area contributed by atoms with Gasteiger partial charge in [-0.1, -0.05) is 11.6 Å². The summed E-state index contributed by atoms with van der Waals surface area (Å²) >= 11 is 5.54. The highest BCUT2D eigenvalue weighted by Gasteiger charge is 2.10. The summed E-state index contributed by atoms with van der Waals surface area (Å²) in [6.07, 6.45) is 1.35. The normalized spacial score (nSPS) is 9.80. The lowest BCUT2D eigenvalue weighted by Crippen LogP contribution is -2.12. The largest absolute Gasteiger partial charge is 0.460 e. The number of rotatable bonds is 2. The van der Waals surface area contributed by atoms with Crippen LogP contribution in [0.5, 0.6) is 0 Å². The Kier molecular flexibility index (Phi) is 2.09. The molecule has 0 aliphatic rings. The number of nitrogens with two attached hydrogens (primary N) is 1. The number of hydrogen-bond acceptors (Lipinski definition) is 3. The fourth-order valence-electron chi connectivity index (χ4n) is 0.585. The lowest BCUT2D eigenvalue weighted by molar-refractivity contribution is 0.0975. The first kappa shape index (κ1) is 7.31. The molecule has 0 spiro atoms. The highest BCUT2D eigenvalue weighted by atomic mass is 35.5. The van der Waals surface area contributed by atoms with Gasteiger partial charge in [0.2, 0.25) is 5.78 Å². The van der Waals surface area contributed by atoms with Crippen LogP contribution in [0.25, 0.3) is 0 Å². The highest BCUT2D eigenvalue weighted by Crippen LogP contribution is 2.16. The molecule has 4 heteroatoms. The molecule has 0 aromatic carbocycles. The number of carbonyl (C=O) groups excluding carboxylic acids is 1. The minimum atomic E-state index is -0.282. The molecule has 1 aromatic rings. The van der Waals surface area contributed by atoms with E-state index in [1.54, 1.807) is 0 Å². The van der Waals surface area contributed by atoms with Gasteiger partial charge >= 0.3 is 0 Å². The molecular formula is C6H6ClNO2. The van der Waals surface area contributed by atoms with Gasteiger partial charge in [-0.25, -0.2) is 0 Å². The zero-order valence-electron chi connectivity index (χ0n) is 5.13. The monoisotopic (exact) mass is 159 g/mol. The zero-order chi connectivity index (χ0) is 7.56. The number of furan rings is 1. The van der Waals surface area contributed by atoms with Crippen LogP contribution in [-0.4, -0.2) is 12.3 Å². The van der Waals surface area contributed by atoms with Crippen molar-refractivity contribution >= 4 is 17.4 Å². The Morgan fingerprint density at radius 1 is 1.80 bits per heavy atom. The van der Waals surface area contributed by atoms with Crippen LogP contribution in [0.3, 0.4) is 0 Å². The van der Waals surface area contributed by atoms with Crippen molar-refractivity contribution in [2.24, 2.45) is 5.73 Å². The minimum absolute atomic E-state index is 0.0762. The van der Waals surface area contributed by atoms with Gasteiger partial charge < -0.3 is 10.2 Å². The number of carbonyl (C=O) groups is 1. The molecule has 0 aliphatic carbocycles. The van der Waals surface area contributed by atoms with Gasteiger partial charge in [0.05, 0.1) is 17.8 Å². The van der Waals surface area contributed by atoms with Crippen LogP contribution in [0.1, 0.15) is 10.6 Å². The first-order valence-electron chi connectivity index (χ1n) is 2.72. The molecular weight excluding hydrogens is 154 g/mol. The van der Waals surface area contributed by atoms with Gasteiger partial charge in [-0.2, -0.15) is 0 Å². The van der Waals surface area contributed by atoms with Gasteiger partial charge in [0, 0.05) is 0 Å². The van der Waals surface area contributed by atoms with E-state index in [2.05, 4.69) is 0 Å². The average Bonchev–Trinajstić information content (AvgIpc) is 2.34. The van der Waals surface area contributed by atoms with Crippen molar-refractivity contribution in [2.45, 2.75) is 0 Å². The Morgan fingerprint density at radius 3 is 2.90 bits per heavy atom. The third kappa shape index (κ3) is 1.20. The van der Waals surface area contributed by atoms with E-state index < -0.39 is 0 Å². The maximum Gasteiger partial charge on any atom is 0.213 e. The van der Waals surface area contributed by atoms with Gasteiger partial charge in [-0.3, -0.25) is 4.79 Å². The summed E-state index contributed by atoms with van der Waals surface area (Å²) in [7, 11) is 0. The third-order valence-corrected chi connectivity index (χ3v) is 1.35. The SMILES string of the molecule is NCC(=O)c1occc1Cl. The molecule has 54 valence electrons. The van der Waals surface area contributed by atoms with E-state index in [0.29, 0.717) is 5.02 Å². The predicted molar refractivity (Wildman–Crippen MR) is 37.1 cm³/mol.